The van der Waals surface area contributed by atoms with E-state index >= 15 is 0 Å². The molecule has 0 saturated heterocycles. The van der Waals surface area contributed by atoms with Gasteiger partial charge in [0.25, 0.3) is 0 Å². The molecule has 1 aromatic heterocycles. The van der Waals surface area contributed by atoms with Gasteiger partial charge >= 0.3 is 5.69 Å². The maximum atomic E-state index is 11.9. The molecule has 27 heavy (non-hydrogen) atoms. The quantitative estimate of drug-likeness (QED) is 0.487. The molecule has 0 amide bonds. The minimum atomic E-state index is -0.361. The van der Waals surface area contributed by atoms with Crippen LogP contribution in [-0.4, -0.2) is 35.0 Å². The average molecular weight is 371 g/mol. The first-order valence-electron chi connectivity index (χ1n) is 9.29. The molecule has 0 saturated carbocycles. The molecule has 2 rings (SSSR count). The summed E-state index contributed by atoms with van der Waals surface area (Å²) in [6.45, 7) is 10.3. The van der Waals surface area contributed by atoms with E-state index in [1.807, 2.05) is 47.2 Å². The Labute approximate surface area is 161 Å². The molecule has 0 aliphatic carbocycles. The van der Waals surface area contributed by atoms with Gasteiger partial charge < -0.3 is 9.80 Å². The Morgan fingerprint density at radius 2 is 1.56 bits per heavy atom. The van der Waals surface area contributed by atoms with Crippen molar-refractivity contribution >= 4 is 17.3 Å². The van der Waals surface area contributed by atoms with E-state index in [0.717, 1.165) is 5.56 Å². The number of nitrogens with zero attached hydrogens (tertiary/aromatic N) is 5. The topological polar surface area (TPSA) is 75.4 Å². The van der Waals surface area contributed by atoms with Crippen molar-refractivity contribution in [2.45, 2.75) is 34.2 Å². The Kier molecular flexibility index (Phi) is 7.10. The van der Waals surface area contributed by atoms with Gasteiger partial charge in [0.2, 0.25) is 11.6 Å². The van der Waals surface area contributed by atoms with Crippen LogP contribution >= 0.6 is 0 Å². The molecule has 0 atom stereocenters. The van der Waals surface area contributed by atoms with Gasteiger partial charge in [0.05, 0.1) is 4.92 Å². The Hall–Kier alpha value is -2.70. The predicted octanol–water partition coefficient (Wildman–Crippen LogP) is 4.14. The molecule has 0 unspecified atom stereocenters. The predicted molar refractivity (Wildman–Crippen MR) is 109 cm³/mol. The van der Waals surface area contributed by atoms with E-state index in [2.05, 4.69) is 37.7 Å². The summed E-state index contributed by atoms with van der Waals surface area (Å²) in [7, 11) is 1.82. The Bertz CT molecular complexity index is 739. The molecule has 1 aromatic carbocycles. The van der Waals surface area contributed by atoms with Crippen molar-refractivity contribution in [2.24, 2.45) is 11.8 Å². The molecule has 2 aromatic rings. The molecule has 7 heteroatoms. The molecule has 0 aliphatic heterocycles. The van der Waals surface area contributed by atoms with Crippen molar-refractivity contribution in [2.75, 3.05) is 29.9 Å². The zero-order valence-corrected chi connectivity index (χ0v) is 16.8. The lowest BCUT2D eigenvalue weighted by molar-refractivity contribution is -0.383. The number of anilines is 2. The molecule has 1 heterocycles. The van der Waals surface area contributed by atoms with Gasteiger partial charge in [-0.3, -0.25) is 10.1 Å². The van der Waals surface area contributed by atoms with Crippen LogP contribution < -0.4 is 9.80 Å². The second-order valence-electron chi connectivity index (χ2n) is 7.66. The second-order valence-corrected chi connectivity index (χ2v) is 7.66. The summed E-state index contributed by atoms with van der Waals surface area (Å²) in [6.07, 6.45) is 1.42. The summed E-state index contributed by atoms with van der Waals surface area (Å²) >= 11 is 0. The minimum Gasteiger partial charge on any atom is -0.350 e. The highest BCUT2D eigenvalue weighted by molar-refractivity contribution is 5.71. The van der Waals surface area contributed by atoms with Gasteiger partial charge in [-0.25, -0.2) is 9.97 Å². The van der Waals surface area contributed by atoms with Crippen LogP contribution in [0.3, 0.4) is 0 Å². The van der Waals surface area contributed by atoms with E-state index in [-0.39, 0.29) is 10.6 Å². The molecule has 0 bridgehead atoms. The molecular formula is C20H29N5O2. The lowest BCUT2D eigenvalue weighted by Gasteiger charge is -2.28. The van der Waals surface area contributed by atoms with Crippen LogP contribution in [0.1, 0.15) is 33.3 Å². The second kappa shape index (κ2) is 9.30. The van der Waals surface area contributed by atoms with Crippen LogP contribution in [0, 0.1) is 22.0 Å². The number of hydrogen-bond acceptors (Lipinski definition) is 6. The average Bonchev–Trinajstić information content (AvgIpc) is 2.60. The molecule has 0 fully saturated rings. The molecule has 146 valence electrons. The molecule has 0 N–H and O–H groups in total. The van der Waals surface area contributed by atoms with Crippen molar-refractivity contribution in [3.63, 3.8) is 0 Å². The van der Waals surface area contributed by atoms with Gasteiger partial charge in [-0.2, -0.15) is 0 Å². The first-order chi connectivity index (χ1) is 12.8. The molecule has 0 radical (unpaired) electrons. The van der Waals surface area contributed by atoms with Crippen molar-refractivity contribution in [3.05, 3.63) is 52.3 Å². The number of nitro groups is 1. The Balaban J connectivity index is 2.44. The van der Waals surface area contributed by atoms with E-state index in [1.54, 1.807) is 0 Å². The van der Waals surface area contributed by atoms with Gasteiger partial charge in [-0.15, -0.1) is 0 Å². The zero-order chi connectivity index (χ0) is 20.0. The molecule has 7 nitrogen and oxygen atoms in total. The monoisotopic (exact) mass is 371 g/mol. The standard InChI is InChI=1S/C20H29N5O2/c1-15(2)11-24(12-16(3)4)20-18(25(26)27)19(21-14-22-20)23(5)13-17-9-7-6-8-10-17/h6-10,14-16H,11-13H2,1-5H3. The summed E-state index contributed by atoms with van der Waals surface area (Å²) in [6, 6.07) is 9.85. The first kappa shape index (κ1) is 20.6. The summed E-state index contributed by atoms with van der Waals surface area (Å²) < 4.78 is 0. The Morgan fingerprint density at radius 1 is 1.00 bits per heavy atom. The third kappa shape index (κ3) is 5.64. The highest BCUT2D eigenvalue weighted by atomic mass is 16.6. The summed E-state index contributed by atoms with van der Waals surface area (Å²) in [5, 5.41) is 11.9. The fourth-order valence-electron chi connectivity index (χ4n) is 3.10. The number of hydrogen-bond donors (Lipinski definition) is 0. The molecule has 0 spiro atoms. The van der Waals surface area contributed by atoms with Crippen LogP contribution in [0.25, 0.3) is 0 Å². The number of benzene rings is 1. The maximum absolute atomic E-state index is 11.9. The van der Waals surface area contributed by atoms with Crippen molar-refractivity contribution in [3.8, 4) is 0 Å². The summed E-state index contributed by atoms with van der Waals surface area (Å²) in [5.74, 6) is 1.46. The fraction of sp³-hybridized carbons (Fsp3) is 0.500. The van der Waals surface area contributed by atoms with Gasteiger partial charge in [0.15, 0.2) is 0 Å². The van der Waals surface area contributed by atoms with E-state index in [1.165, 1.54) is 6.33 Å². The van der Waals surface area contributed by atoms with E-state index in [4.69, 9.17) is 0 Å². The Morgan fingerprint density at radius 3 is 2.07 bits per heavy atom. The van der Waals surface area contributed by atoms with Crippen molar-refractivity contribution in [1.82, 2.24) is 9.97 Å². The summed E-state index contributed by atoms with van der Waals surface area (Å²) in [5.41, 5.74) is 1.04. The van der Waals surface area contributed by atoms with Gasteiger partial charge in [-0.1, -0.05) is 58.0 Å². The van der Waals surface area contributed by atoms with Crippen LogP contribution in [0.5, 0.6) is 0 Å². The maximum Gasteiger partial charge on any atom is 0.353 e. The van der Waals surface area contributed by atoms with Crippen LogP contribution in [0.2, 0.25) is 0 Å². The van der Waals surface area contributed by atoms with E-state index in [0.29, 0.717) is 43.1 Å². The van der Waals surface area contributed by atoms with Crippen LogP contribution in [0.4, 0.5) is 17.3 Å². The largest absolute Gasteiger partial charge is 0.353 e. The fourth-order valence-corrected chi connectivity index (χ4v) is 3.10. The normalized spacial score (nSPS) is 11.1. The summed E-state index contributed by atoms with van der Waals surface area (Å²) in [4.78, 5) is 23.9. The highest BCUT2D eigenvalue weighted by Crippen LogP contribution is 2.34. The third-order valence-corrected chi connectivity index (χ3v) is 4.06. The molecular weight excluding hydrogens is 342 g/mol. The highest BCUT2D eigenvalue weighted by Gasteiger charge is 2.29. The minimum absolute atomic E-state index is 0.0303. The van der Waals surface area contributed by atoms with Crippen LogP contribution in [0.15, 0.2) is 36.7 Å². The first-order valence-corrected chi connectivity index (χ1v) is 9.29. The van der Waals surface area contributed by atoms with Crippen molar-refractivity contribution < 1.29 is 4.92 Å². The smallest absolute Gasteiger partial charge is 0.350 e. The van der Waals surface area contributed by atoms with Gasteiger partial charge in [-0.05, 0) is 17.4 Å². The number of rotatable bonds is 9. The molecule has 0 aliphatic rings. The van der Waals surface area contributed by atoms with Crippen LogP contribution in [-0.2, 0) is 6.54 Å². The van der Waals surface area contributed by atoms with Gasteiger partial charge in [0, 0.05) is 26.7 Å². The van der Waals surface area contributed by atoms with Gasteiger partial charge in [0.1, 0.15) is 6.33 Å². The van der Waals surface area contributed by atoms with E-state index < -0.39 is 0 Å². The van der Waals surface area contributed by atoms with E-state index in [9.17, 15) is 10.1 Å². The van der Waals surface area contributed by atoms with Crippen molar-refractivity contribution in [1.29, 1.82) is 0 Å². The third-order valence-electron chi connectivity index (χ3n) is 4.06. The lowest BCUT2D eigenvalue weighted by atomic mass is 10.1. The SMILES string of the molecule is CC(C)CN(CC(C)C)c1ncnc(N(C)Cc2ccccc2)c1[N+](=O)[O-]. The zero-order valence-electron chi connectivity index (χ0n) is 16.8. The number of aromatic nitrogens is 2. The lowest BCUT2D eigenvalue weighted by Crippen LogP contribution is -2.33.